The van der Waals surface area contributed by atoms with Crippen LogP contribution in [-0.2, 0) is 14.9 Å². The van der Waals surface area contributed by atoms with E-state index in [-0.39, 0.29) is 5.97 Å². The molecule has 0 fully saturated rings. The van der Waals surface area contributed by atoms with Crippen LogP contribution >= 0.6 is 0 Å². The summed E-state index contributed by atoms with van der Waals surface area (Å²) in [6.07, 6.45) is 3.17. The zero-order valence-electron chi connectivity index (χ0n) is 10.0. The van der Waals surface area contributed by atoms with Gasteiger partial charge in [0, 0.05) is 12.4 Å². The summed E-state index contributed by atoms with van der Waals surface area (Å²) in [6, 6.07) is 0. The molecule has 0 aliphatic heterocycles. The van der Waals surface area contributed by atoms with E-state index in [0.29, 0.717) is 18.1 Å². The van der Waals surface area contributed by atoms with Crippen molar-refractivity contribution in [1.82, 2.24) is 9.97 Å². The summed E-state index contributed by atoms with van der Waals surface area (Å²) in [5, 5.41) is 3.93. The Morgan fingerprint density at radius 3 is 2.44 bits per heavy atom. The number of hydrogen-bond donors (Lipinski definition) is 0. The van der Waals surface area contributed by atoms with Gasteiger partial charge >= 0.3 is 5.97 Å². The minimum atomic E-state index is -0.831. The van der Waals surface area contributed by atoms with Gasteiger partial charge in [0.25, 0.3) is 0 Å². The van der Waals surface area contributed by atoms with E-state index in [0.717, 1.165) is 0 Å². The topological polar surface area (TPSA) is 66.2 Å². The molecule has 1 rings (SSSR count). The van der Waals surface area contributed by atoms with E-state index in [1.54, 1.807) is 40.2 Å². The molecule has 5 nitrogen and oxygen atoms in total. The predicted octanol–water partition coefficient (Wildman–Crippen LogP) is 1.95. The van der Waals surface area contributed by atoms with Crippen LogP contribution in [0.4, 0.5) is 5.69 Å². The lowest BCUT2D eigenvalue weighted by molar-refractivity contribution is -0.149. The molecular formula is C11H16N3O2-. The molecule has 16 heavy (non-hydrogen) atoms. The third-order valence-electron chi connectivity index (χ3n) is 2.24. The normalized spacial score (nSPS) is 11.0. The summed E-state index contributed by atoms with van der Waals surface area (Å²) < 4.78 is 4.98. The lowest BCUT2D eigenvalue weighted by Gasteiger charge is -2.21. The SMILES string of the molecule is CCOC(=O)C(C)(C)c1ncc([N-]C)cn1. The first-order valence-corrected chi connectivity index (χ1v) is 5.12. The molecule has 0 spiro atoms. The molecule has 0 atom stereocenters. The predicted molar refractivity (Wildman–Crippen MR) is 60.6 cm³/mol. The second-order valence-corrected chi connectivity index (χ2v) is 3.83. The first kappa shape index (κ1) is 12.4. The van der Waals surface area contributed by atoms with Crippen molar-refractivity contribution < 1.29 is 9.53 Å². The monoisotopic (exact) mass is 222 g/mol. The molecule has 0 saturated carbocycles. The van der Waals surface area contributed by atoms with Crippen LogP contribution in [0, 0.1) is 0 Å². The van der Waals surface area contributed by atoms with Gasteiger partial charge in [-0.25, -0.2) is 9.97 Å². The van der Waals surface area contributed by atoms with Crippen molar-refractivity contribution >= 4 is 11.7 Å². The second-order valence-electron chi connectivity index (χ2n) is 3.83. The van der Waals surface area contributed by atoms with Crippen LogP contribution in [0.3, 0.4) is 0 Å². The highest BCUT2D eigenvalue weighted by Crippen LogP contribution is 2.22. The average molecular weight is 222 g/mol. The molecule has 1 aromatic heterocycles. The molecule has 0 N–H and O–H groups in total. The van der Waals surface area contributed by atoms with E-state index in [9.17, 15) is 4.79 Å². The van der Waals surface area contributed by atoms with Gasteiger partial charge in [0.1, 0.15) is 11.2 Å². The molecule has 1 aromatic rings. The number of hydrogen-bond acceptors (Lipinski definition) is 4. The van der Waals surface area contributed by atoms with E-state index in [2.05, 4.69) is 15.3 Å². The summed E-state index contributed by atoms with van der Waals surface area (Å²) in [7, 11) is 1.66. The van der Waals surface area contributed by atoms with E-state index in [4.69, 9.17) is 4.74 Å². The highest BCUT2D eigenvalue weighted by molar-refractivity contribution is 5.81. The molecule has 0 aliphatic carbocycles. The molecule has 0 aliphatic rings. The maximum atomic E-state index is 11.7. The Bertz CT molecular complexity index is 360. The standard InChI is InChI=1S/C11H16N3O2/c1-5-16-10(15)11(2,3)9-13-6-8(12-4)7-14-9/h6-7H,5H2,1-4H3/q-1. The minimum absolute atomic E-state index is 0.323. The average Bonchev–Trinajstić information content (AvgIpc) is 2.29. The quantitative estimate of drug-likeness (QED) is 0.730. The van der Waals surface area contributed by atoms with Gasteiger partial charge in [-0.3, -0.25) is 4.79 Å². The second kappa shape index (κ2) is 4.92. The van der Waals surface area contributed by atoms with Crippen molar-refractivity contribution in [3.8, 4) is 0 Å². The number of ether oxygens (including phenoxy) is 1. The number of esters is 1. The Kier molecular flexibility index (Phi) is 3.82. The van der Waals surface area contributed by atoms with Crippen molar-refractivity contribution in [1.29, 1.82) is 0 Å². The van der Waals surface area contributed by atoms with Crippen LogP contribution in [0.25, 0.3) is 5.32 Å². The molecule has 5 heteroatoms. The number of rotatable bonds is 4. The first-order chi connectivity index (χ1) is 7.52. The molecule has 0 aromatic carbocycles. The fourth-order valence-electron chi connectivity index (χ4n) is 1.16. The van der Waals surface area contributed by atoms with E-state index in [1.807, 2.05) is 0 Å². The van der Waals surface area contributed by atoms with Crippen LogP contribution in [0.15, 0.2) is 12.4 Å². The van der Waals surface area contributed by atoms with E-state index in [1.165, 1.54) is 0 Å². The summed E-state index contributed by atoms with van der Waals surface area (Å²) in [6.45, 7) is 5.60. The number of aromatic nitrogens is 2. The molecule has 88 valence electrons. The van der Waals surface area contributed by atoms with E-state index >= 15 is 0 Å². The Balaban J connectivity index is 2.93. The highest BCUT2D eigenvalue weighted by Gasteiger charge is 2.34. The lowest BCUT2D eigenvalue weighted by atomic mass is 9.92. The van der Waals surface area contributed by atoms with Crippen molar-refractivity contribution in [3.63, 3.8) is 0 Å². The van der Waals surface area contributed by atoms with Crippen LogP contribution in [0.1, 0.15) is 26.6 Å². The Morgan fingerprint density at radius 1 is 1.44 bits per heavy atom. The fourth-order valence-corrected chi connectivity index (χ4v) is 1.16. The smallest absolute Gasteiger partial charge is 0.319 e. The number of nitrogens with zero attached hydrogens (tertiary/aromatic N) is 3. The third-order valence-corrected chi connectivity index (χ3v) is 2.24. The summed E-state index contributed by atoms with van der Waals surface area (Å²) in [5.74, 6) is 0.120. The van der Waals surface area contributed by atoms with Gasteiger partial charge in [-0.05, 0) is 20.8 Å². The van der Waals surface area contributed by atoms with Gasteiger partial charge in [0.15, 0.2) is 0 Å². The Hall–Kier alpha value is -1.65. The Morgan fingerprint density at radius 2 is 2.00 bits per heavy atom. The van der Waals surface area contributed by atoms with Crippen LogP contribution in [0.2, 0.25) is 0 Å². The van der Waals surface area contributed by atoms with Crippen molar-refractivity contribution in [2.45, 2.75) is 26.2 Å². The van der Waals surface area contributed by atoms with Gasteiger partial charge in [-0.1, -0.05) is 0 Å². The molecule has 0 bridgehead atoms. The number of carbonyl (C=O) groups excluding carboxylic acids is 1. The molecule has 0 saturated heterocycles. The zero-order chi connectivity index (χ0) is 12.2. The van der Waals surface area contributed by atoms with Gasteiger partial charge < -0.3 is 10.1 Å². The summed E-state index contributed by atoms with van der Waals surface area (Å²) in [5.41, 5.74) is -0.147. The van der Waals surface area contributed by atoms with Gasteiger partial charge in [0.2, 0.25) is 0 Å². The molecule has 0 radical (unpaired) electrons. The minimum Gasteiger partial charge on any atom is -0.684 e. The zero-order valence-corrected chi connectivity index (χ0v) is 10.0. The molecular weight excluding hydrogens is 206 g/mol. The van der Waals surface area contributed by atoms with Crippen molar-refractivity contribution in [3.05, 3.63) is 23.5 Å². The van der Waals surface area contributed by atoms with Gasteiger partial charge in [-0.15, -0.1) is 12.7 Å². The third kappa shape index (κ3) is 2.48. The maximum Gasteiger partial charge on any atom is 0.319 e. The van der Waals surface area contributed by atoms with Crippen LogP contribution in [-0.4, -0.2) is 29.6 Å². The lowest BCUT2D eigenvalue weighted by Crippen LogP contribution is -2.33. The first-order valence-electron chi connectivity index (χ1n) is 5.12. The molecule has 0 unspecified atom stereocenters. The van der Waals surface area contributed by atoms with Crippen LogP contribution < -0.4 is 0 Å². The van der Waals surface area contributed by atoms with Crippen molar-refractivity contribution in [2.24, 2.45) is 0 Å². The molecule has 1 heterocycles. The maximum absolute atomic E-state index is 11.7. The van der Waals surface area contributed by atoms with Crippen molar-refractivity contribution in [2.75, 3.05) is 13.7 Å². The number of carbonyl (C=O) groups is 1. The van der Waals surface area contributed by atoms with E-state index < -0.39 is 5.41 Å². The largest absolute Gasteiger partial charge is 0.684 e. The summed E-state index contributed by atoms with van der Waals surface area (Å²) >= 11 is 0. The Labute approximate surface area is 95.3 Å². The van der Waals surface area contributed by atoms with Gasteiger partial charge in [-0.2, -0.15) is 0 Å². The van der Waals surface area contributed by atoms with Gasteiger partial charge in [0.05, 0.1) is 6.61 Å². The fraction of sp³-hybridized carbons (Fsp3) is 0.545. The molecule has 0 amide bonds. The van der Waals surface area contributed by atoms with Crippen LogP contribution in [0.5, 0.6) is 0 Å². The highest BCUT2D eigenvalue weighted by atomic mass is 16.5. The summed E-state index contributed by atoms with van der Waals surface area (Å²) in [4.78, 5) is 19.9.